The van der Waals surface area contributed by atoms with Crippen molar-refractivity contribution >= 4 is 11.0 Å². The van der Waals surface area contributed by atoms with Crippen molar-refractivity contribution in [1.82, 2.24) is 0 Å². The molecule has 0 bridgehead atoms. The van der Waals surface area contributed by atoms with E-state index in [4.69, 9.17) is 18.6 Å². The number of benzene rings is 3. The molecular weight excluding hydrogens is 485 g/mol. The van der Waals surface area contributed by atoms with Gasteiger partial charge in [-0.3, -0.25) is 4.79 Å². The number of hydrogen-bond donors (Lipinski definition) is 0. The molecule has 0 amide bonds. The van der Waals surface area contributed by atoms with Crippen LogP contribution in [0, 0.1) is 0 Å². The van der Waals surface area contributed by atoms with Crippen LogP contribution in [0.1, 0.15) is 37.7 Å². The van der Waals surface area contributed by atoms with Crippen LogP contribution in [0.15, 0.2) is 69.9 Å². The van der Waals surface area contributed by atoms with Crippen molar-refractivity contribution in [1.29, 1.82) is 0 Å². The fourth-order valence-corrected chi connectivity index (χ4v) is 3.98. The van der Waals surface area contributed by atoms with E-state index in [1.54, 1.807) is 0 Å². The lowest BCUT2D eigenvalue weighted by Crippen LogP contribution is -2.16. The van der Waals surface area contributed by atoms with Gasteiger partial charge < -0.3 is 18.6 Å². The number of ether oxygens (including phenoxy) is 3. The molecule has 0 saturated carbocycles. The van der Waals surface area contributed by atoms with Crippen molar-refractivity contribution in [2.24, 2.45) is 0 Å². The first-order valence-corrected chi connectivity index (χ1v) is 11.5. The molecule has 0 radical (unpaired) electrons. The van der Waals surface area contributed by atoms with Crippen LogP contribution in [0.5, 0.6) is 17.2 Å². The molecule has 0 spiro atoms. The highest BCUT2D eigenvalue weighted by molar-refractivity contribution is 5.84. The van der Waals surface area contributed by atoms with E-state index in [9.17, 15) is 18.0 Å². The predicted molar refractivity (Wildman–Crippen MR) is 135 cm³/mol. The Bertz CT molecular complexity index is 1480. The quantitative estimate of drug-likeness (QED) is 0.270. The third-order valence-corrected chi connectivity index (χ3v) is 6.02. The zero-order valence-corrected chi connectivity index (χ0v) is 21.2. The van der Waals surface area contributed by atoms with E-state index in [0.717, 1.165) is 5.56 Å². The maximum atomic E-state index is 14.0. The van der Waals surface area contributed by atoms with Gasteiger partial charge >= 0.3 is 6.18 Å². The topological polar surface area (TPSA) is 57.9 Å². The van der Waals surface area contributed by atoms with Crippen molar-refractivity contribution in [3.05, 3.63) is 87.8 Å². The van der Waals surface area contributed by atoms with Crippen LogP contribution in [-0.4, -0.2) is 14.2 Å². The van der Waals surface area contributed by atoms with Crippen LogP contribution in [0.2, 0.25) is 0 Å². The molecule has 0 aliphatic heterocycles. The Hall–Kier alpha value is -3.94. The molecule has 0 unspecified atom stereocenters. The molecule has 3 aromatic carbocycles. The van der Waals surface area contributed by atoms with Crippen LogP contribution in [0.25, 0.3) is 22.1 Å². The number of alkyl halides is 3. The molecule has 8 heteroatoms. The summed E-state index contributed by atoms with van der Waals surface area (Å²) in [6.45, 7) is 6.56. The Morgan fingerprint density at radius 2 is 1.51 bits per heavy atom. The van der Waals surface area contributed by atoms with E-state index in [1.807, 2.05) is 24.3 Å². The van der Waals surface area contributed by atoms with Gasteiger partial charge in [0, 0.05) is 6.07 Å². The van der Waals surface area contributed by atoms with Gasteiger partial charge in [-0.2, -0.15) is 13.2 Å². The molecule has 0 aliphatic carbocycles. The summed E-state index contributed by atoms with van der Waals surface area (Å²) in [4.78, 5) is 13.3. The van der Waals surface area contributed by atoms with Crippen LogP contribution in [-0.2, 0) is 18.2 Å². The zero-order chi connectivity index (χ0) is 27.0. The minimum atomic E-state index is -4.92. The first-order chi connectivity index (χ1) is 17.4. The second-order valence-electron chi connectivity index (χ2n) is 9.60. The Balaban J connectivity index is 1.72. The van der Waals surface area contributed by atoms with Crippen molar-refractivity contribution in [3.63, 3.8) is 0 Å². The van der Waals surface area contributed by atoms with Crippen LogP contribution in [0.3, 0.4) is 0 Å². The number of rotatable bonds is 6. The molecule has 1 aromatic heterocycles. The first-order valence-electron chi connectivity index (χ1n) is 11.5. The smallest absolute Gasteiger partial charge is 0.450 e. The van der Waals surface area contributed by atoms with E-state index in [1.165, 1.54) is 56.2 Å². The average Bonchev–Trinajstić information content (AvgIpc) is 2.86. The normalized spacial score (nSPS) is 12.0. The monoisotopic (exact) mass is 512 g/mol. The summed E-state index contributed by atoms with van der Waals surface area (Å²) in [6, 6.07) is 16.3. The summed E-state index contributed by atoms with van der Waals surface area (Å²) >= 11 is 0. The SMILES string of the molecule is COc1ccc(-c2c(C(F)(F)F)oc3cc(OCc4ccc(C(C)(C)C)cc4)ccc3c2=O)cc1OC. The summed E-state index contributed by atoms with van der Waals surface area (Å²) in [5, 5.41) is -0.000310. The first kappa shape index (κ1) is 26.1. The summed E-state index contributed by atoms with van der Waals surface area (Å²) in [5.74, 6) is -0.610. The molecule has 4 aromatic rings. The van der Waals surface area contributed by atoms with Gasteiger partial charge in [0.05, 0.1) is 25.2 Å². The van der Waals surface area contributed by atoms with Crippen LogP contribution in [0.4, 0.5) is 13.2 Å². The summed E-state index contributed by atoms with van der Waals surface area (Å²) in [6.07, 6.45) is -4.92. The average molecular weight is 513 g/mol. The molecule has 0 aliphatic rings. The largest absolute Gasteiger partial charge is 0.493 e. The van der Waals surface area contributed by atoms with Gasteiger partial charge in [0.2, 0.25) is 11.2 Å². The highest BCUT2D eigenvalue weighted by Crippen LogP contribution is 2.40. The fraction of sp³-hybridized carbons (Fsp3) is 0.276. The molecule has 194 valence electrons. The number of hydrogen-bond acceptors (Lipinski definition) is 5. The number of methoxy groups -OCH3 is 2. The molecule has 0 fully saturated rings. The molecular formula is C29H27F3O5. The Morgan fingerprint density at radius 1 is 0.838 bits per heavy atom. The lowest BCUT2D eigenvalue weighted by Gasteiger charge is -2.19. The van der Waals surface area contributed by atoms with Crippen molar-refractivity contribution in [3.8, 4) is 28.4 Å². The van der Waals surface area contributed by atoms with Gasteiger partial charge in [-0.25, -0.2) is 0 Å². The van der Waals surface area contributed by atoms with Crippen molar-refractivity contribution in [2.75, 3.05) is 14.2 Å². The van der Waals surface area contributed by atoms with Crippen molar-refractivity contribution in [2.45, 2.75) is 39.0 Å². The van der Waals surface area contributed by atoms with Gasteiger partial charge in [0.25, 0.3) is 0 Å². The standard InChI is InChI=1S/C29H27F3O5/c1-28(2,3)19-9-6-17(7-10-19)16-36-20-11-12-21-23(15-20)37-27(29(30,31)32)25(26(21)33)18-8-13-22(34-4)24(14-18)35-5/h6-15H,16H2,1-5H3. The van der Waals surface area contributed by atoms with Gasteiger partial charge in [-0.1, -0.05) is 51.1 Å². The molecule has 4 rings (SSSR count). The minimum absolute atomic E-state index is 0.000310. The van der Waals surface area contributed by atoms with Gasteiger partial charge in [0.1, 0.15) is 17.9 Å². The Labute approximate surface area is 212 Å². The fourth-order valence-electron chi connectivity index (χ4n) is 3.98. The number of halogens is 3. The lowest BCUT2D eigenvalue weighted by atomic mass is 9.87. The molecule has 0 saturated heterocycles. The van der Waals surface area contributed by atoms with Gasteiger partial charge in [-0.15, -0.1) is 0 Å². The molecule has 37 heavy (non-hydrogen) atoms. The van der Waals surface area contributed by atoms with E-state index in [-0.39, 0.29) is 40.1 Å². The lowest BCUT2D eigenvalue weighted by molar-refractivity contribution is -0.152. The number of fused-ring (bicyclic) bond motifs is 1. The Kier molecular flexibility index (Phi) is 6.95. The molecule has 1 heterocycles. The Morgan fingerprint density at radius 3 is 2.11 bits per heavy atom. The van der Waals surface area contributed by atoms with Gasteiger partial charge in [-0.05, 0) is 46.4 Å². The highest BCUT2D eigenvalue weighted by atomic mass is 19.4. The maximum Gasteiger partial charge on any atom is 0.450 e. The van der Waals surface area contributed by atoms with E-state index < -0.39 is 22.9 Å². The maximum absolute atomic E-state index is 14.0. The third-order valence-electron chi connectivity index (χ3n) is 6.02. The minimum Gasteiger partial charge on any atom is -0.493 e. The summed E-state index contributed by atoms with van der Waals surface area (Å²) < 4.78 is 63.5. The summed E-state index contributed by atoms with van der Waals surface area (Å²) in [7, 11) is 2.76. The van der Waals surface area contributed by atoms with Crippen LogP contribution >= 0.6 is 0 Å². The molecule has 5 nitrogen and oxygen atoms in total. The van der Waals surface area contributed by atoms with Crippen molar-refractivity contribution < 1.29 is 31.8 Å². The predicted octanol–water partition coefficient (Wildman–Crippen LogP) is 7.37. The van der Waals surface area contributed by atoms with E-state index in [0.29, 0.717) is 5.75 Å². The molecule has 0 N–H and O–H groups in total. The summed E-state index contributed by atoms with van der Waals surface area (Å²) in [5.41, 5.74) is 0.449. The van der Waals surface area contributed by atoms with Crippen LogP contribution < -0.4 is 19.6 Å². The van der Waals surface area contributed by atoms with E-state index in [2.05, 4.69) is 20.8 Å². The third kappa shape index (κ3) is 5.43. The van der Waals surface area contributed by atoms with Gasteiger partial charge in [0.15, 0.2) is 11.5 Å². The zero-order valence-electron chi connectivity index (χ0n) is 21.2. The second-order valence-corrected chi connectivity index (χ2v) is 9.60. The second kappa shape index (κ2) is 9.84. The van der Waals surface area contributed by atoms with E-state index >= 15 is 0 Å². The highest BCUT2D eigenvalue weighted by Gasteiger charge is 2.39. The molecule has 0 atom stereocenters.